The maximum absolute atomic E-state index is 6.23. The molecule has 0 aromatic heterocycles. The molecule has 4 heteroatoms. The van der Waals surface area contributed by atoms with Crippen LogP contribution < -0.4 is 5.32 Å². The molecule has 0 bridgehead atoms. The van der Waals surface area contributed by atoms with Crippen LogP contribution in [0.25, 0.3) is 0 Å². The Labute approximate surface area is 130 Å². The fourth-order valence-corrected chi connectivity index (χ4v) is 4.62. The maximum atomic E-state index is 6.23. The van der Waals surface area contributed by atoms with Crippen LogP contribution in [-0.4, -0.2) is 26.3 Å². The van der Waals surface area contributed by atoms with E-state index in [1.165, 1.54) is 12.0 Å². The summed E-state index contributed by atoms with van der Waals surface area (Å²) in [6.45, 7) is 4.29. The Bertz CT molecular complexity index is 517. The third-order valence-corrected chi connectivity index (χ3v) is 6.10. The van der Waals surface area contributed by atoms with Crippen molar-refractivity contribution < 1.29 is 4.74 Å². The second-order valence-corrected chi connectivity index (χ2v) is 6.92. The molecule has 1 aliphatic carbocycles. The first kappa shape index (κ1) is 14.6. The van der Waals surface area contributed by atoms with Gasteiger partial charge < -0.3 is 10.1 Å². The summed E-state index contributed by atoms with van der Waals surface area (Å²) in [5.74, 6) is 0. The van der Waals surface area contributed by atoms with Gasteiger partial charge in [0.05, 0.1) is 16.1 Å². The van der Waals surface area contributed by atoms with Gasteiger partial charge >= 0.3 is 0 Å². The van der Waals surface area contributed by atoms with Crippen LogP contribution in [0.5, 0.6) is 0 Å². The summed E-state index contributed by atoms with van der Waals surface area (Å²) in [4.78, 5) is 0. The highest BCUT2D eigenvalue weighted by Crippen LogP contribution is 2.70. The van der Waals surface area contributed by atoms with E-state index in [1.54, 1.807) is 0 Å². The van der Waals surface area contributed by atoms with Gasteiger partial charge in [-0.15, -0.1) is 0 Å². The molecule has 0 spiro atoms. The smallest absolute Gasteiger partial charge is 0.0646 e. The second-order valence-electron chi connectivity index (χ2n) is 6.10. The topological polar surface area (TPSA) is 21.3 Å². The average molecular weight is 314 g/mol. The highest BCUT2D eigenvalue weighted by molar-refractivity contribution is 6.42. The van der Waals surface area contributed by atoms with E-state index in [0.29, 0.717) is 16.1 Å². The van der Waals surface area contributed by atoms with Crippen LogP contribution in [-0.2, 0) is 10.2 Å². The van der Waals surface area contributed by atoms with Gasteiger partial charge in [0, 0.05) is 24.5 Å². The predicted molar refractivity (Wildman–Crippen MR) is 83.8 cm³/mol. The average Bonchev–Trinajstić information content (AvgIpc) is 3.14. The molecular weight excluding hydrogens is 293 g/mol. The summed E-state index contributed by atoms with van der Waals surface area (Å²) in [5, 5.41) is 4.83. The number of halogens is 2. The van der Waals surface area contributed by atoms with E-state index in [4.69, 9.17) is 27.9 Å². The molecule has 1 N–H and O–H groups in total. The van der Waals surface area contributed by atoms with Crippen LogP contribution in [0.1, 0.15) is 31.7 Å². The zero-order valence-corrected chi connectivity index (χ0v) is 13.5. The minimum absolute atomic E-state index is 0.211. The Kier molecular flexibility index (Phi) is 3.79. The standard InChI is InChI=1S/C16H21Cl2NO/c1-3-14(20-2)16-9-15(16,6-7-19-10-16)11-4-5-12(17)13(18)8-11/h4-5,8,14,19H,3,6-7,9-10H2,1-2H3/t14-,15+,16?/m1/s1. The lowest BCUT2D eigenvalue weighted by atomic mass is 9.77. The molecule has 0 amide bonds. The lowest BCUT2D eigenvalue weighted by Crippen LogP contribution is -2.45. The van der Waals surface area contributed by atoms with Crippen LogP contribution in [0.2, 0.25) is 10.0 Å². The van der Waals surface area contributed by atoms with Crippen molar-refractivity contribution >= 4 is 23.2 Å². The minimum atomic E-state index is 0.211. The number of benzene rings is 1. The molecule has 1 heterocycles. The van der Waals surface area contributed by atoms with Gasteiger partial charge in [0.2, 0.25) is 0 Å². The van der Waals surface area contributed by atoms with Crippen LogP contribution in [0.15, 0.2) is 18.2 Å². The molecular formula is C16H21Cl2NO. The van der Waals surface area contributed by atoms with Gasteiger partial charge in [-0.2, -0.15) is 0 Å². The number of fused-ring (bicyclic) bond motifs is 1. The van der Waals surface area contributed by atoms with E-state index in [0.717, 1.165) is 25.9 Å². The molecule has 3 rings (SSSR count). The molecule has 1 saturated carbocycles. The molecule has 2 aliphatic rings. The second kappa shape index (κ2) is 5.17. The maximum Gasteiger partial charge on any atom is 0.0646 e. The largest absolute Gasteiger partial charge is 0.381 e. The van der Waals surface area contributed by atoms with Crippen molar-refractivity contribution in [2.24, 2.45) is 5.41 Å². The summed E-state index contributed by atoms with van der Waals surface area (Å²) < 4.78 is 5.79. The van der Waals surface area contributed by atoms with E-state index in [-0.39, 0.29) is 10.8 Å². The van der Waals surface area contributed by atoms with Crippen molar-refractivity contribution in [3.8, 4) is 0 Å². The van der Waals surface area contributed by atoms with Crippen molar-refractivity contribution in [3.63, 3.8) is 0 Å². The summed E-state index contributed by atoms with van der Waals surface area (Å²) >= 11 is 12.3. The monoisotopic (exact) mass is 313 g/mol. The zero-order chi connectivity index (χ0) is 14.4. The number of ether oxygens (including phenoxy) is 1. The highest BCUT2D eigenvalue weighted by Gasteiger charge is 2.71. The first-order valence-corrected chi connectivity index (χ1v) is 8.04. The van der Waals surface area contributed by atoms with E-state index < -0.39 is 0 Å². The molecule has 0 radical (unpaired) electrons. The number of hydrogen-bond acceptors (Lipinski definition) is 2. The van der Waals surface area contributed by atoms with Crippen LogP contribution in [0.3, 0.4) is 0 Å². The molecule has 20 heavy (non-hydrogen) atoms. The van der Waals surface area contributed by atoms with E-state index in [1.807, 2.05) is 13.2 Å². The number of rotatable bonds is 4. The summed E-state index contributed by atoms with van der Waals surface area (Å²) in [5.41, 5.74) is 1.75. The van der Waals surface area contributed by atoms with Crippen molar-refractivity contribution in [2.75, 3.05) is 20.2 Å². The van der Waals surface area contributed by atoms with Gasteiger partial charge in [-0.05, 0) is 43.5 Å². The van der Waals surface area contributed by atoms with Gasteiger partial charge in [0.1, 0.15) is 0 Å². The van der Waals surface area contributed by atoms with Crippen molar-refractivity contribution in [1.82, 2.24) is 5.32 Å². The number of nitrogens with one attached hydrogen (secondary N) is 1. The summed E-state index contributed by atoms with van der Waals surface area (Å²) in [6.07, 6.45) is 3.66. The zero-order valence-electron chi connectivity index (χ0n) is 12.0. The fourth-order valence-electron chi connectivity index (χ4n) is 4.32. The van der Waals surface area contributed by atoms with Crippen LogP contribution in [0.4, 0.5) is 0 Å². The Morgan fingerprint density at radius 1 is 1.35 bits per heavy atom. The van der Waals surface area contributed by atoms with Gasteiger partial charge in [-0.25, -0.2) is 0 Å². The normalized spacial score (nSPS) is 33.6. The molecule has 110 valence electrons. The highest BCUT2D eigenvalue weighted by atomic mass is 35.5. The van der Waals surface area contributed by atoms with Gasteiger partial charge in [-0.1, -0.05) is 36.2 Å². The van der Waals surface area contributed by atoms with Crippen molar-refractivity contribution in [3.05, 3.63) is 33.8 Å². The molecule has 1 saturated heterocycles. The lowest BCUT2D eigenvalue weighted by molar-refractivity contribution is 0.0189. The molecule has 3 atom stereocenters. The van der Waals surface area contributed by atoms with E-state index in [2.05, 4.69) is 24.4 Å². The van der Waals surface area contributed by atoms with Gasteiger partial charge in [0.15, 0.2) is 0 Å². The quantitative estimate of drug-likeness (QED) is 0.905. The SMILES string of the molecule is CC[C@@H](OC)C12CNCC[C@@]1(c1ccc(Cl)c(Cl)c1)C2. The Hall–Kier alpha value is -0.280. The first-order chi connectivity index (χ1) is 9.59. The first-order valence-electron chi connectivity index (χ1n) is 7.29. The molecule has 2 nitrogen and oxygen atoms in total. The Morgan fingerprint density at radius 3 is 2.80 bits per heavy atom. The van der Waals surface area contributed by atoms with Crippen molar-refractivity contribution in [2.45, 2.75) is 37.7 Å². The van der Waals surface area contributed by atoms with Crippen LogP contribution in [0, 0.1) is 5.41 Å². The molecule has 1 unspecified atom stereocenters. The Balaban J connectivity index is 2.00. The lowest BCUT2D eigenvalue weighted by Gasteiger charge is -2.36. The molecule has 1 aliphatic heterocycles. The van der Waals surface area contributed by atoms with Crippen LogP contribution >= 0.6 is 23.2 Å². The van der Waals surface area contributed by atoms with Gasteiger partial charge in [0.25, 0.3) is 0 Å². The third kappa shape index (κ3) is 1.93. The molecule has 2 fully saturated rings. The van der Waals surface area contributed by atoms with E-state index in [9.17, 15) is 0 Å². The molecule has 1 aromatic carbocycles. The number of methoxy groups -OCH3 is 1. The summed E-state index contributed by atoms with van der Waals surface area (Å²) in [7, 11) is 1.83. The third-order valence-electron chi connectivity index (χ3n) is 5.36. The Morgan fingerprint density at radius 2 is 2.15 bits per heavy atom. The van der Waals surface area contributed by atoms with Crippen molar-refractivity contribution in [1.29, 1.82) is 0 Å². The minimum Gasteiger partial charge on any atom is -0.381 e. The fraction of sp³-hybridized carbons (Fsp3) is 0.625. The van der Waals surface area contributed by atoms with Gasteiger partial charge in [-0.3, -0.25) is 0 Å². The number of hydrogen-bond donors (Lipinski definition) is 1. The number of piperidine rings is 1. The molecule has 1 aromatic rings. The predicted octanol–water partition coefficient (Wildman–Crippen LogP) is 4.04. The van der Waals surface area contributed by atoms with E-state index >= 15 is 0 Å². The summed E-state index contributed by atoms with van der Waals surface area (Å²) in [6, 6.07) is 6.12.